The van der Waals surface area contributed by atoms with Gasteiger partial charge in [0.25, 0.3) is 0 Å². The van der Waals surface area contributed by atoms with Gasteiger partial charge in [-0.05, 0) is 24.2 Å². The number of hydrogen-bond donors (Lipinski definition) is 1. The predicted octanol–water partition coefficient (Wildman–Crippen LogP) is 1.75. The molecule has 18 heavy (non-hydrogen) atoms. The summed E-state index contributed by atoms with van der Waals surface area (Å²) in [5.74, 6) is -0.0764. The van der Waals surface area contributed by atoms with E-state index in [2.05, 4.69) is 10.3 Å². The summed E-state index contributed by atoms with van der Waals surface area (Å²) in [7, 11) is 0. The number of hydrogen-bond acceptors (Lipinski definition) is 4. The van der Waals surface area contributed by atoms with E-state index in [1.807, 2.05) is 37.3 Å². The van der Waals surface area contributed by atoms with Crippen molar-refractivity contribution in [2.45, 2.75) is 25.8 Å². The third-order valence-corrected chi connectivity index (χ3v) is 3.24. The largest absolute Gasteiger partial charge is 0.305 e. The Balaban J connectivity index is 1.94. The molecule has 0 aromatic heterocycles. The van der Waals surface area contributed by atoms with Gasteiger partial charge >= 0.3 is 0 Å². The van der Waals surface area contributed by atoms with Crippen LogP contribution < -0.4 is 5.32 Å². The predicted molar refractivity (Wildman–Crippen MR) is 72.4 cm³/mol. The van der Waals surface area contributed by atoms with Gasteiger partial charge in [-0.2, -0.15) is 0 Å². The molecule has 0 radical (unpaired) electrons. The molecule has 1 aromatic rings. The summed E-state index contributed by atoms with van der Waals surface area (Å²) in [5, 5.41) is 3.01. The molecular weight excluding hydrogens is 248 g/mol. The van der Waals surface area contributed by atoms with Gasteiger partial charge in [0.2, 0.25) is 11.0 Å². The molecule has 1 atom stereocenters. The zero-order valence-electron chi connectivity index (χ0n) is 10.1. The number of nitrogens with one attached hydrogen (secondary N) is 1. The molecule has 1 aliphatic rings. The summed E-state index contributed by atoms with van der Waals surface area (Å²) < 4.78 is 0. The van der Waals surface area contributed by atoms with E-state index < -0.39 is 0 Å². The van der Waals surface area contributed by atoms with Gasteiger partial charge in [0.05, 0.1) is 6.04 Å². The van der Waals surface area contributed by atoms with Crippen molar-refractivity contribution >= 4 is 28.0 Å². The quantitative estimate of drug-likeness (QED) is 0.883. The second-order valence-corrected chi connectivity index (χ2v) is 5.22. The van der Waals surface area contributed by atoms with E-state index in [1.54, 1.807) is 0 Å². The molecule has 0 spiro atoms. The molecule has 0 fully saturated rings. The molecule has 1 aliphatic heterocycles. The van der Waals surface area contributed by atoms with E-state index in [1.165, 1.54) is 0 Å². The Morgan fingerprint density at radius 1 is 1.44 bits per heavy atom. The number of aliphatic imine (C=N–C) groups is 1. The molecule has 1 aromatic carbocycles. The molecule has 1 amide bonds. The standard InChI is InChI=1S/C13H14N2O2S/c1-9-7-11(16)15-13(14-9)18-12(17)8-10-5-3-2-4-6-10/h2-6,9H,7-8H2,1H3,(H,14,15,16)/t9-/m1/s1. The van der Waals surface area contributed by atoms with Crippen LogP contribution in [0.1, 0.15) is 18.9 Å². The molecule has 1 heterocycles. The zero-order chi connectivity index (χ0) is 13.0. The van der Waals surface area contributed by atoms with Gasteiger partial charge in [-0.15, -0.1) is 0 Å². The summed E-state index contributed by atoms with van der Waals surface area (Å²) in [4.78, 5) is 27.4. The Hall–Kier alpha value is -1.62. The number of rotatable bonds is 2. The van der Waals surface area contributed by atoms with Crippen LogP contribution in [0.4, 0.5) is 0 Å². The van der Waals surface area contributed by atoms with Crippen molar-refractivity contribution in [1.29, 1.82) is 0 Å². The first-order chi connectivity index (χ1) is 8.63. The number of carbonyl (C=O) groups is 2. The van der Waals surface area contributed by atoms with Gasteiger partial charge in [-0.1, -0.05) is 30.3 Å². The fourth-order valence-electron chi connectivity index (χ4n) is 1.67. The first-order valence-electron chi connectivity index (χ1n) is 5.76. The SMILES string of the molecule is C[C@@H]1CC(=O)NC(SC(=O)Cc2ccccc2)=N1. The van der Waals surface area contributed by atoms with Gasteiger partial charge in [-0.3, -0.25) is 14.6 Å². The minimum atomic E-state index is -0.0764. The average molecular weight is 262 g/mol. The summed E-state index contributed by atoms with van der Waals surface area (Å²) in [6.45, 7) is 1.86. The van der Waals surface area contributed by atoms with Crippen molar-refractivity contribution in [2.75, 3.05) is 0 Å². The van der Waals surface area contributed by atoms with Gasteiger partial charge in [0, 0.05) is 12.8 Å². The van der Waals surface area contributed by atoms with Crippen molar-refractivity contribution in [3.8, 4) is 0 Å². The van der Waals surface area contributed by atoms with E-state index in [9.17, 15) is 9.59 Å². The Bertz CT molecular complexity index is 485. The molecule has 94 valence electrons. The van der Waals surface area contributed by atoms with E-state index in [0.29, 0.717) is 18.0 Å². The van der Waals surface area contributed by atoms with E-state index in [4.69, 9.17) is 0 Å². The van der Waals surface area contributed by atoms with Crippen LogP contribution in [-0.2, 0) is 16.0 Å². The number of amides is 1. The summed E-state index contributed by atoms with van der Waals surface area (Å²) in [5.41, 5.74) is 0.964. The minimum absolute atomic E-state index is 0.0191. The lowest BCUT2D eigenvalue weighted by Crippen LogP contribution is -2.36. The summed E-state index contributed by atoms with van der Waals surface area (Å²) in [6, 6.07) is 9.47. The van der Waals surface area contributed by atoms with Gasteiger partial charge < -0.3 is 5.32 Å². The van der Waals surface area contributed by atoms with Crippen LogP contribution in [0.2, 0.25) is 0 Å². The number of amidine groups is 1. The molecule has 1 N–H and O–H groups in total. The van der Waals surface area contributed by atoms with Crippen molar-refractivity contribution in [3.63, 3.8) is 0 Å². The number of thioether (sulfide) groups is 1. The van der Waals surface area contributed by atoms with Gasteiger partial charge in [-0.25, -0.2) is 0 Å². The lowest BCUT2D eigenvalue weighted by atomic mass is 10.2. The van der Waals surface area contributed by atoms with Crippen LogP contribution in [0.25, 0.3) is 0 Å². The van der Waals surface area contributed by atoms with Crippen molar-refractivity contribution < 1.29 is 9.59 Å². The minimum Gasteiger partial charge on any atom is -0.305 e. The molecule has 0 saturated carbocycles. The molecule has 2 rings (SSSR count). The molecule has 0 unspecified atom stereocenters. The molecule has 0 saturated heterocycles. The Morgan fingerprint density at radius 3 is 2.83 bits per heavy atom. The Kier molecular flexibility index (Phi) is 4.15. The fraction of sp³-hybridized carbons (Fsp3) is 0.308. The second-order valence-electron chi connectivity index (χ2n) is 4.17. The summed E-state index contributed by atoms with van der Waals surface area (Å²) in [6.07, 6.45) is 0.728. The maximum absolute atomic E-state index is 11.8. The highest BCUT2D eigenvalue weighted by atomic mass is 32.2. The van der Waals surface area contributed by atoms with E-state index in [-0.39, 0.29) is 17.1 Å². The third kappa shape index (κ3) is 3.70. The molecule has 4 nitrogen and oxygen atoms in total. The molecule has 5 heteroatoms. The van der Waals surface area contributed by atoms with Crippen molar-refractivity contribution in [1.82, 2.24) is 5.32 Å². The lowest BCUT2D eigenvalue weighted by Gasteiger charge is -2.16. The monoisotopic (exact) mass is 262 g/mol. The Labute approximate surface area is 110 Å². The highest BCUT2D eigenvalue weighted by Crippen LogP contribution is 2.14. The molecular formula is C13H14N2O2S. The maximum atomic E-state index is 11.8. The maximum Gasteiger partial charge on any atom is 0.228 e. The summed E-state index contributed by atoms with van der Waals surface area (Å²) >= 11 is 1.00. The molecule has 0 bridgehead atoms. The second kappa shape index (κ2) is 5.82. The van der Waals surface area contributed by atoms with Crippen LogP contribution in [-0.4, -0.2) is 22.2 Å². The molecule has 0 aliphatic carbocycles. The first kappa shape index (κ1) is 12.8. The third-order valence-electron chi connectivity index (χ3n) is 2.47. The van der Waals surface area contributed by atoms with Crippen LogP contribution in [0.3, 0.4) is 0 Å². The zero-order valence-corrected chi connectivity index (χ0v) is 10.9. The van der Waals surface area contributed by atoms with Crippen molar-refractivity contribution in [2.24, 2.45) is 4.99 Å². The average Bonchev–Trinajstić information content (AvgIpc) is 2.28. The van der Waals surface area contributed by atoms with E-state index in [0.717, 1.165) is 17.3 Å². The first-order valence-corrected chi connectivity index (χ1v) is 6.57. The number of nitrogens with zero attached hydrogens (tertiary/aromatic N) is 1. The van der Waals surface area contributed by atoms with Crippen LogP contribution >= 0.6 is 11.8 Å². The van der Waals surface area contributed by atoms with Crippen LogP contribution in [0.15, 0.2) is 35.3 Å². The van der Waals surface area contributed by atoms with Gasteiger partial charge in [0.15, 0.2) is 5.17 Å². The highest BCUT2D eigenvalue weighted by Gasteiger charge is 2.19. The number of benzene rings is 1. The fourth-order valence-corrected chi connectivity index (χ4v) is 2.53. The Morgan fingerprint density at radius 2 is 2.17 bits per heavy atom. The van der Waals surface area contributed by atoms with Crippen molar-refractivity contribution in [3.05, 3.63) is 35.9 Å². The van der Waals surface area contributed by atoms with Crippen LogP contribution in [0, 0.1) is 0 Å². The number of carbonyl (C=O) groups excluding carboxylic acids is 2. The van der Waals surface area contributed by atoms with E-state index >= 15 is 0 Å². The topological polar surface area (TPSA) is 58.5 Å². The van der Waals surface area contributed by atoms with Crippen LogP contribution in [0.5, 0.6) is 0 Å². The lowest BCUT2D eigenvalue weighted by molar-refractivity contribution is -0.120. The highest BCUT2D eigenvalue weighted by molar-refractivity contribution is 8.26. The van der Waals surface area contributed by atoms with Gasteiger partial charge in [0.1, 0.15) is 0 Å². The smallest absolute Gasteiger partial charge is 0.228 e. The normalized spacial score (nSPS) is 19.1.